The summed E-state index contributed by atoms with van der Waals surface area (Å²) in [6.45, 7) is 0. The van der Waals surface area contributed by atoms with Gasteiger partial charge in [0.1, 0.15) is 5.75 Å². The number of benzene rings is 1. The van der Waals surface area contributed by atoms with Crippen LogP contribution in [0, 0.1) is 0 Å². The molecule has 76 valence electrons. The van der Waals surface area contributed by atoms with Crippen molar-refractivity contribution in [2.75, 3.05) is 6.26 Å². The number of carboxylic acids is 1. The molecule has 0 aliphatic carbocycles. The van der Waals surface area contributed by atoms with Crippen LogP contribution in [-0.4, -0.2) is 22.4 Å². The van der Waals surface area contributed by atoms with Crippen LogP contribution in [0.25, 0.3) is 0 Å². The standard InChI is InChI=1S/C10H12O3S/c1-14-10-7(5-6-9(12)13)3-2-4-8(10)11/h2-4,11H,5-6H2,1H3,(H,12,13). The summed E-state index contributed by atoms with van der Waals surface area (Å²) in [7, 11) is 0. The summed E-state index contributed by atoms with van der Waals surface area (Å²) in [6, 6.07) is 5.18. The highest BCUT2D eigenvalue weighted by Gasteiger charge is 2.07. The van der Waals surface area contributed by atoms with Gasteiger partial charge in [0.25, 0.3) is 0 Å². The van der Waals surface area contributed by atoms with Gasteiger partial charge in [-0.25, -0.2) is 0 Å². The zero-order valence-electron chi connectivity index (χ0n) is 7.86. The highest BCUT2D eigenvalue weighted by atomic mass is 32.2. The predicted molar refractivity (Wildman–Crippen MR) is 55.8 cm³/mol. The first kappa shape index (κ1) is 10.9. The summed E-state index contributed by atoms with van der Waals surface area (Å²) in [6.07, 6.45) is 2.41. The molecule has 0 spiro atoms. The van der Waals surface area contributed by atoms with Crippen LogP contribution in [0.4, 0.5) is 0 Å². The number of phenols is 1. The number of rotatable bonds is 4. The SMILES string of the molecule is CSc1c(O)cccc1CCC(=O)O. The molecule has 0 aromatic heterocycles. The van der Waals surface area contributed by atoms with Gasteiger partial charge in [-0.2, -0.15) is 0 Å². The number of hydrogen-bond acceptors (Lipinski definition) is 3. The normalized spacial score (nSPS) is 10.1. The van der Waals surface area contributed by atoms with Crippen LogP contribution >= 0.6 is 11.8 Å². The fourth-order valence-electron chi connectivity index (χ4n) is 1.25. The lowest BCUT2D eigenvalue weighted by atomic mass is 10.1. The Balaban J connectivity index is 2.85. The average molecular weight is 212 g/mol. The van der Waals surface area contributed by atoms with Crippen molar-refractivity contribution in [1.82, 2.24) is 0 Å². The Kier molecular flexibility index (Phi) is 3.83. The molecule has 0 aliphatic rings. The fourth-order valence-corrected chi connectivity index (χ4v) is 1.95. The van der Waals surface area contributed by atoms with E-state index in [4.69, 9.17) is 5.11 Å². The summed E-state index contributed by atoms with van der Waals surface area (Å²) >= 11 is 1.43. The molecule has 2 N–H and O–H groups in total. The molecule has 0 heterocycles. The molecular weight excluding hydrogens is 200 g/mol. The molecule has 0 atom stereocenters. The molecule has 0 aliphatic heterocycles. The van der Waals surface area contributed by atoms with Crippen molar-refractivity contribution in [2.24, 2.45) is 0 Å². The van der Waals surface area contributed by atoms with Gasteiger partial charge in [0.05, 0.1) is 4.90 Å². The van der Waals surface area contributed by atoms with Crippen molar-refractivity contribution in [3.05, 3.63) is 23.8 Å². The van der Waals surface area contributed by atoms with Crippen molar-refractivity contribution in [2.45, 2.75) is 17.7 Å². The highest BCUT2D eigenvalue weighted by molar-refractivity contribution is 7.98. The van der Waals surface area contributed by atoms with E-state index in [1.165, 1.54) is 11.8 Å². The number of aliphatic carboxylic acids is 1. The van der Waals surface area contributed by atoms with Crippen molar-refractivity contribution in [3.63, 3.8) is 0 Å². The minimum absolute atomic E-state index is 0.0943. The Bertz CT molecular complexity index is 336. The van der Waals surface area contributed by atoms with Crippen LogP contribution in [0.2, 0.25) is 0 Å². The lowest BCUT2D eigenvalue weighted by Crippen LogP contribution is -1.98. The zero-order chi connectivity index (χ0) is 10.6. The molecule has 1 rings (SSSR count). The summed E-state index contributed by atoms with van der Waals surface area (Å²) in [4.78, 5) is 11.2. The number of aryl methyl sites for hydroxylation is 1. The molecule has 0 bridgehead atoms. The van der Waals surface area contributed by atoms with E-state index in [-0.39, 0.29) is 12.2 Å². The number of aromatic hydroxyl groups is 1. The van der Waals surface area contributed by atoms with E-state index in [0.29, 0.717) is 6.42 Å². The van der Waals surface area contributed by atoms with Crippen LogP contribution in [-0.2, 0) is 11.2 Å². The molecule has 4 heteroatoms. The van der Waals surface area contributed by atoms with Gasteiger partial charge in [-0.05, 0) is 24.3 Å². The number of carbonyl (C=O) groups is 1. The van der Waals surface area contributed by atoms with Crippen molar-refractivity contribution in [3.8, 4) is 5.75 Å². The highest BCUT2D eigenvalue weighted by Crippen LogP contribution is 2.30. The van der Waals surface area contributed by atoms with Gasteiger partial charge in [0, 0.05) is 6.42 Å². The number of phenolic OH excluding ortho intramolecular Hbond substituents is 1. The Morgan fingerprint density at radius 3 is 2.79 bits per heavy atom. The molecule has 0 unspecified atom stereocenters. The smallest absolute Gasteiger partial charge is 0.303 e. The maximum atomic E-state index is 10.4. The minimum Gasteiger partial charge on any atom is -0.507 e. The molecule has 14 heavy (non-hydrogen) atoms. The van der Waals surface area contributed by atoms with Gasteiger partial charge in [-0.15, -0.1) is 11.8 Å². The third-order valence-corrected chi connectivity index (χ3v) is 2.77. The number of hydrogen-bond donors (Lipinski definition) is 2. The van der Waals surface area contributed by atoms with E-state index in [1.54, 1.807) is 12.1 Å². The fraction of sp³-hybridized carbons (Fsp3) is 0.300. The van der Waals surface area contributed by atoms with E-state index in [0.717, 1.165) is 10.5 Å². The predicted octanol–water partition coefficient (Wildman–Crippen LogP) is 2.13. The third-order valence-electron chi connectivity index (χ3n) is 1.89. The Morgan fingerprint density at radius 2 is 2.21 bits per heavy atom. The average Bonchev–Trinajstić information content (AvgIpc) is 2.14. The lowest BCUT2D eigenvalue weighted by molar-refractivity contribution is -0.136. The molecule has 3 nitrogen and oxygen atoms in total. The maximum absolute atomic E-state index is 10.4. The van der Waals surface area contributed by atoms with E-state index in [9.17, 15) is 9.90 Å². The second-order valence-corrected chi connectivity index (χ2v) is 3.68. The van der Waals surface area contributed by atoms with Crippen molar-refractivity contribution < 1.29 is 15.0 Å². The van der Waals surface area contributed by atoms with E-state index < -0.39 is 5.97 Å². The van der Waals surface area contributed by atoms with Gasteiger partial charge in [0.15, 0.2) is 0 Å². The monoisotopic (exact) mass is 212 g/mol. The maximum Gasteiger partial charge on any atom is 0.303 e. The largest absolute Gasteiger partial charge is 0.507 e. The molecular formula is C10H12O3S. The van der Waals surface area contributed by atoms with Gasteiger partial charge >= 0.3 is 5.97 Å². The summed E-state index contributed by atoms with van der Waals surface area (Å²) in [5.41, 5.74) is 0.889. The molecule has 0 radical (unpaired) electrons. The first-order valence-electron chi connectivity index (χ1n) is 4.21. The van der Waals surface area contributed by atoms with E-state index in [2.05, 4.69) is 0 Å². The van der Waals surface area contributed by atoms with Crippen LogP contribution in [0.5, 0.6) is 5.75 Å². The molecule has 0 saturated heterocycles. The molecule has 0 fully saturated rings. The summed E-state index contributed by atoms with van der Waals surface area (Å²) < 4.78 is 0. The Morgan fingerprint density at radius 1 is 1.50 bits per heavy atom. The van der Waals surface area contributed by atoms with Crippen LogP contribution in [0.3, 0.4) is 0 Å². The first-order chi connectivity index (χ1) is 6.65. The molecule has 1 aromatic carbocycles. The molecule has 0 saturated carbocycles. The van der Waals surface area contributed by atoms with Crippen LogP contribution in [0.15, 0.2) is 23.1 Å². The van der Waals surface area contributed by atoms with E-state index in [1.807, 2.05) is 12.3 Å². The molecule has 1 aromatic rings. The topological polar surface area (TPSA) is 57.5 Å². The van der Waals surface area contributed by atoms with Crippen molar-refractivity contribution >= 4 is 17.7 Å². The van der Waals surface area contributed by atoms with Gasteiger partial charge in [0.2, 0.25) is 0 Å². The second-order valence-electron chi connectivity index (χ2n) is 2.86. The quantitative estimate of drug-likeness (QED) is 0.751. The summed E-state index contributed by atoms with van der Waals surface area (Å²) in [5.74, 6) is -0.596. The van der Waals surface area contributed by atoms with Crippen molar-refractivity contribution in [1.29, 1.82) is 0 Å². The zero-order valence-corrected chi connectivity index (χ0v) is 8.67. The Hall–Kier alpha value is -1.16. The van der Waals surface area contributed by atoms with Crippen LogP contribution < -0.4 is 0 Å². The number of thioether (sulfide) groups is 1. The lowest BCUT2D eigenvalue weighted by Gasteiger charge is -2.07. The van der Waals surface area contributed by atoms with Gasteiger partial charge in [-0.1, -0.05) is 12.1 Å². The van der Waals surface area contributed by atoms with E-state index >= 15 is 0 Å². The Labute approximate surface area is 86.8 Å². The third kappa shape index (κ3) is 2.67. The van der Waals surface area contributed by atoms with Gasteiger partial charge < -0.3 is 10.2 Å². The molecule has 0 amide bonds. The van der Waals surface area contributed by atoms with Crippen LogP contribution in [0.1, 0.15) is 12.0 Å². The second kappa shape index (κ2) is 4.91. The summed E-state index contributed by atoms with van der Waals surface area (Å²) in [5, 5.41) is 18.0. The minimum atomic E-state index is -0.819. The first-order valence-corrected chi connectivity index (χ1v) is 5.44. The number of carboxylic acid groups (broad SMARTS) is 1. The van der Waals surface area contributed by atoms with Gasteiger partial charge in [-0.3, -0.25) is 4.79 Å².